The number of nitrogens with one attached hydrogen (secondary N) is 1. The second-order valence-electron chi connectivity index (χ2n) is 6.78. The minimum Gasteiger partial charge on any atom is -0.375 e. The fraction of sp³-hybridized carbons (Fsp3) is 0.588. The van der Waals surface area contributed by atoms with E-state index < -0.39 is 5.60 Å². The van der Waals surface area contributed by atoms with Crippen LogP contribution in [-0.4, -0.2) is 42.1 Å². The number of hydrogen-bond donors (Lipinski definition) is 2. The van der Waals surface area contributed by atoms with E-state index in [0.29, 0.717) is 36.5 Å². The van der Waals surface area contributed by atoms with Gasteiger partial charge in [-0.2, -0.15) is 0 Å². The van der Waals surface area contributed by atoms with Crippen molar-refractivity contribution in [2.24, 2.45) is 17.8 Å². The summed E-state index contributed by atoms with van der Waals surface area (Å²) in [5.74, 6) is 0.0670. The molecule has 1 aliphatic heterocycles. The fourth-order valence-electron chi connectivity index (χ4n) is 3.77. The molecule has 22 heavy (non-hydrogen) atoms. The zero-order valence-corrected chi connectivity index (χ0v) is 13.2. The summed E-state index contributed by atoms with van der Waals surface area (Å²) in [5.41, 5.74) is -1.14. The molecule has 3 atom stereocenters. The van der Waals surface area contributed by atoms with Crippen LogP contribution >= 0.6 is 0 Å². The number of benzene rings is 1. The van der Waals surface area contributed by atoms with Crippen molar-refractivity contribution in [3.05, 3.63) is 35.6 Å². The van der Waals surface area contributed by atoms with Crippen LogP contribution in [0.1, 0.15) is 19.4 Å². The third kappa shape index (κ3) is 2.23. The molecule has 3 unspecified atom stereocenters. The first kappa shape index (κ1) is 15.4. The highest BCUT2D eigenvalue weighted by Crippen LogP contribution is 2.46. The molecule has 1 saturated carbocycles. The summed E-state index contributed by atoms with van der Waals surface area (Å²) in [6.45, 7) is 5.00. The molecule has 0 bridgehead atoms. The van der Waals surface area contributed by atoms with Crippen LogP contribution in [0.4, 0.5) is 4.39 Å². The molecule has 1 heterocycles. The maximum Gasteiger partial charge on any atom is 0.259 e. The van der Waals surface area contributed by atoms with Gasteiger partial charge < -0.3 is 15.3 Å². The Morgan fingerprint density at radius 2 is 1.86 bits per heavy atom. The van der Waals surface area contributed by atoms with Gasteiger partial charge in [-0.1, -0.05) is 26.0 Å². The standard InChI is InChI=1S/C17H23FN2O2/c1-10(2)17(22,11-4-6-12(18)7-5-11)16(21)20-8-13-14(9-20)15(13)19-3/h4-7,10,13-15,19,22H,8-9H2,1-3H3. The molecule has 1 aromatic carbocycles. The van der Waals surface area contributed by atoms with E-state index in [2.05, 4.69) is 5.32 Å². The van der Waals surface area contributed by atoms with E-state index in [0.717, 1.165) is 0 Å². The van der Waals surface area contributed by atoms with E-state index in [4.69, 9.17) is 0 Å². The van der Waals surface area contributed by atoms with Crippen molar-refractivity contribution in [3.8, 4) is 0 Å². The molecular weight excluding hydrogens is 283 g/mol. The van der Waals surface area contributed by atoms with Gasteiger partial charge in [-0.05, 0) is 42.5 Å². The van der Waals surface area contributed by atoms with Crippen LogP contribution in [-0.2, 0) is 10.4 Å². The molecule has 4 nitrogen and oxygen atoms in total. The summed E-state index contributed by atoms with van der Waals surface area (Å²) in [6.07, 6.45) is 0. The molecular formula is C17H23FN2O2. The number of hydrogen-bond acceptors (Lipinski definition) is 3. The number of carbonyl (C=O) groups excluding carboxylic acids is 1. The zero-order valence-electron chi connectivity index (χ0n) is 13.2. The van der Waals surface area contributed by atoms with Gasteiger partial charge in [-0.25, -0.2) is 4.39 Å². The van der Waals surface area contributed by atoms with Gasteiger partial charge in [0, 0.05) is 19.1 Å². The Morgan fingerprint density at radius 1 is 1.32 bits per heavy atom. The number of likely N-dealkylation sites (tertiary alicyclic amines) is 1. The van der Waals surface area contributed by atoms with Gasteiger partial charge >= 0.3 is 0 Å². The Labute approximate surface area is 130 Å². The summed E-state index contributed by atoms with van der Waals surface area (Å²) in [5, 5.41) is 14.3. The van der Waals surface area contributed by atoms with Gasteiger partial charge in [0.15, 0.2) is 5.60 Å². The number of halogens is 1. The number of piperidine rings is 1. The van der Waals surface area contributed by atoms with Crippen molar-refractivity contribution in [1.29, 1.82) is 0 Å². The maximum absolute atomic E-state index is 13.1. The third-order valence-electron chi connectivity index (χ3n) is 5.26. The summed E-state index contributed by atoms with van der Waals surface area (Å²) in [6, 6.07) is 6.08. The molecule has 0 aromatic heterocycles. The lowest BCUT2D eigenvalue weighted by atomic mass is 9.82. The molecule has 0 spiro atoms. The molecule has 3 rings (SSSR count). The average Bonchev–Trinajstić information content (AvgIpc) is 2.97. The molecule has 2 fully saturated rings. The van der Waals surface area contributed by atoms with E-state index in [9.17, 15) is 14.3 Å². The van der Waals surface area contributed by atoms with Gasteiger partial charge in [0.1, 0.15) is 5.82 Å². The summed E-state index contributed by atoms with van der Waals surface area (Å²) in [7, 11) is 1.94. The third-order valence-corrected chi connectivity index (χ3v) is 5.26. The highest BCUT2D eigenvalue weighted by atomic mass is 19.1. The van der Waals surface area contributed by atoms with Crippen molar-refractivity contribution in [1.82, 2.24) is 10.2 Å². The first-order valence-electron chi connectivity index (χ1n) is 7.84. The lowest BCUT2D eigenvalue weighted by Gasteiger charge is -2.35. The smallest absolute Gasteiger partial charge is 0.259 e. The van der Waals surface area contributed by atoms with Gasteiger partial charge in [-0.15, -0.1) is 0 Å². The largest absolute Gasteiger partial charge is 0.375 e. The Morgan fingerprint density at radius 3 is 2.32 bits per heavy atom. The normalized spacial score (nSPS) is 29.4. The van der Waals surface area contributed by atoms with Gasteiger partial charge in [0.25, 0.3) is 5.91 Å². The molecule has 5 heteroatoms. The topological polar surface area (TPSA) is 52.6 Å². The first-order chi connectivity index (χ1) is 10.4. The van der Waals surface area contributed by atoms with Gasteiger partial charge in [0.2, 0.25) is 0 Å². The van der Waals surface area contributed by atoms with Crippen LogP contribution in [0.2, 0.25) is 0 Å². The molecule has 1 aliphatic carbocycles. The van der Waals surface area contributed by atoms with E-state index in [1.165, 1.54) is 24.3 Å². The first-order valence-corrected chi connectivity index (χ1v) is 7.84. The summed E-state index contributed by atoms with van der Waals surface area (Å²) >= 11 is 0. The Balaban J connectivity index is 1.82. The van der Waals surface area contributed by atoms with Crippen molar-refractivity contribution in [2.45, 2.75) is 25.5 Å². The Kier molecular flexibility index (Phi) is 3.73. The quantitative estimate of drug-likeness (QED) is 0.883. The second-order valence-corrected chi connectivity index (χ2v) is 6.78. The van der Waals surface area contributed by atoms with Crippen LogP contribution < -0.4 is 5.32 Å². The predicted molar refractivity (Wildman–Crippen MR) is 81.5 cm³/mol. The molecule has 2 N–H and O–H groups in total. The highest BCUT2D eigenvalue weighted by molar-refractivity contribution is 5.87. The van der Waals surface area contributed by atoms with E-state index in [1.807, 2.05) is 20.9 Å². The van der Waals surface area contributed by atoms with E-state index in [1.54, 1.807) is 4.90 Å². The van der Waals surface area contributed by atoms with E-state index >= 15 is 0 Å². The lowest BCUT2D eigenvalue weighted by Crippen LogP contribution is -2.50. The Bertz CT molecular complexity index is 563. The number of carbonyl (C=O) groups is 1. The minimum absolute atomic E-state index is 0.267. The number of amides is 1. The SMILES string of the molecule is CNC1C2CN(C(=O)C(O)(c3ccc(F)cc3)C(C)C)CC21. The van der Waals surface area contributed by atoms with Crippen molar-refractivity contribution in [3.63, 3.8) is 0 Å². The number of aliphatic hydroxyl groups is 1. The van der Waals surface area contributed by atoms with E-state index in [-0.39, 0.29) is 17.6 Å². The van der Waals surface area contributed by atoms with Crippen LogP contribution in [0.3, 0.4) is 0 Å². The maximum atomic E-state index is 13.1. The predicted octanol–water partition coefficient (Wildman–Crippen LogP) is 1.35. The number of fused-ring (bicyclic) bond motifs is 1. The molecule has 120 valence electrons. The number of nitrogens with zero attached hydrogens (tertiary/aromatic N) is 1. The highest BCUT2D eigenvalue weighted by Gasteiger charge is 2.58. The van der Waals surface area contributed by atoms with Crippen molar-refractivity contribution >= 4 is 5.91 Å². The van der Waals surface area contributed by atoms with Crippen LogP contribution in [0.25, 0.3) is 0 Å². The molecule has 1 amide bonds. The molecule has 2 aliphatic rings. The van der Waals surface area contributed by atoms with Gasteiger partial charge in [0.05, 0.1) is 0 Å². The summed E-state index contributed by atoms with van der Waals surface area (Å²) in [4.78, 5) is 14.7. The molecule has 0 radical (unpaired) electrons. The second kappa shape index (κ2) is 5.32. The average molecular weight is 306 g/mol. The number of rotatable bonds is 4. The fourth-order valence-corrected chi connectivity index (χ4v) is 3.77. The lowest BCUT2D eigenvalue weighted by molar-refractivity contribution is -0.157. The summed E-state index contributed by atoms with van der Waals surface area (Å²) < 4.78 is 13.1. The monoisotopic (exact) mass is 306 g/mol. The molecule has 1 aromatic rings. The Hall–Kier alpha value is -1.46. The van der Waals surface area contributed by atoms with Crippen molar-refractivity contribution in [2.75, 3.05) is 20.1 Å². The zero-order chi connectivity index (χ0) is 16.1. The molecule has 1 saturated heterocycles. The van der Waals surface area contributed by atoms with Crippen LogP contribution in [0.15, 0.2) is 24.3 Å². The van der Waals surface area contributed by atoms with Crippen LogP contribution in [0.5, 0.6) is 0 Å². The van der Waals surface area contributed by atoms with Gasteiger partial charge in [-0.3, -0.25) is 4.79 Å². The van der Waals surface area contributed by atoms with Crippen molar-refractivity contribution < 1.29 is 14.3 Å². The van der Waals surface area contributed by atoms with Crippen LogP contribution in [0, 0.1) is 23.6 Å². The minimum atomic E-state index is -1.60.